The molecule has 0 amide bonds. The molecule has 6 nitrogen and oxygen atoms in total. The van der Waals surface area contributed by atoms with E-state index in [-0.39, 0.29) is 17.5 Å². The van der Waals surface area contributed by atoms with E-state index >= 15 is 0 Å². The van der Waals surface area contributed by atoms with Crippen LogP contribution in [0.4, 0.5) is 0 Å². The highest BCUT2D eigenvalue weighted by Gasteiger charge is 2.24. The van der Waals surface area contributed by atoms with Crippen LogP contribution in [0.2, 0.25) is 0 Å². The van der Waals surface area contributed by atoms with E-state index in [9.17, 15) is 14.7 Å². The van der Waals surface area contributed by atoms with Gasteiger partial charge in [0.2, 0.25) is 5.88 Å². The Balaban J connectivity index is 2.22. The minimum absolute atomic E-state index is 0.0829. The van der Waals surface area contributed by atoms with Crippen LogP contribution >= 0.6 is 0 Å². The fourth-order valence-electron chi connectivity index (χ4n) is 2.48. The summed E-state index contributed by atoms with van der Waals surface area (Å²) in [5.74, 6) is -0.358. The van der Waals surface area contributed by atoms with Gasteiger partial charge in [0.1, 0.15) is 5.56 Å². The van der Waals surface area contributed by atoms with Gasteiger partial charge in [-0.25, -0.2) is 9.36 Å². The van der Waals surface area contributed by atoms with E-state index in [2.05, 4.69) is 9.98 Å². The second-order valence-electron chi connectivity index (χ2n) is 5.79. The fraction of sp³-hybridized carbons (Fsp3) is 0.353. The lowest BCUT2D eigenvalue weighted by atomic mass is 10.1. The number of aromatic hydroxyl groups is 1. The highest BCUT2D eigenvalue weighted by Crippen LogP contribution is 2.26. The van der Waals surface area contributed by atoms with Crippen molar-refractivity contribution in [2.75, 3.05) is 0 Å². The molecule has 1 aliphatic carbocycles. The second kappa shape index (κ2) is 5.87. The fourth-order valence-corrected chi connectivity index (χ4v) is 2.48. The molecule has 0 saturated heterocycles. The number of rotatable bonds is 4. The normalized spacial score (nSPS) is 15.0. The second-order valence-corrected chi connectivity index (χ2v) is 5.79. The number of aliphatic imine (C=N–C) groups is 1. The van der Waals surface area contributed by atoms with Crippen molar-refractivity contribution in [3.05, 3.63) is 56.2 Å². The Kier molecular flexibility index (Phi) is 3.90. The van der Waals surface area contributed by atoms with E-state index in [1.807, 2.05) is 26.0 Å². The lowest BCUT2D eigenvalue weighted by molar-refractivity contribution is 0.429. The molecule has 1 aromatic heterocycles. The number of aromatic nitrogens is 2. The smallest absolute Gasteiger partial charge is 0.335 e. The van der Waals surface area contributed by atoms with Gasteiger partial charge in [-0.2, -0.15) is 0 Å². The summed E-state index contributed by atoms with van der Waals surface area (Å²) in [5.41, 5.74) is 0.888. The Morgan fingerprint density at radius 3 is 2.52 bits per heavy atom. The molecule has 1 fully saturated rings. The third-order valence-corrected chi connectivity index (χ3v) is 3.89. The zero-order valence-corrected chi connectivity index (χ0v) is 13.2. The Morgan fingerprint density at radius 1 is 1.30 bits per heavy atom. The molecule has 0 bridgehead atoms. The van der Waals surface area contributed by atoms with Crippen LogP contribution in [0.1, 0.15) is 37.3 Å². The molecule has 0 aliphatic heterocycles. The van der Waals surface area contributed by atoms with E-state index < -0.39 is 11.2 Å². The van der Waals surface area contributed by atoms with E-state index in [1.165, 1.54) is 0 Å². The van der Waals surface area contributed by atoms with Crippen LogP contribution in [0.25, 0.3) is 5.69 Å². The SMILES string of the molecule is CCC(=NC1CC1)c1c(O)n(-c2ccc(C)cc2)c(=O)[nH]c1=O. The number of hydrogen-bond donors (Lipinski definition) is 2. The van der Waals surface area contributed by atoms with Crippen molar-refractivity contribution in [1.82, 2.24) is 9.55 Å². The van der Waals surface area contributed by atoms with Gasteiger partial charge >= 0.3 is 5.69 Å². The number of aromatic amines is 1. The molecule has 23 heavy (non-hydrogen) atoms. The minimum atomic E-state index is -0.665. The van der Waals surface area contributed by atoms with E-state index in [0.717, 1.165) is 23.0 Å². The predicted molar refractivity (Wildman–Crippen MR) is 88.9 cm³/mol. The number of aryl methyl sites for hydroxylation is 1. The maximum absolute atomic E-state index is 12.2. The molecule has 0 unspecified atom stereocenters. The van der Waals surface area contributed by atoms with Crippen LogP contribution < -0.4 is 11.2 Å². The van der Waals surface area contributed by atoms with E-state index in [1.54, 1.807) is 12.1 Å². The van der Waals surface area contributed by atoms with Gasteiger partial charge in [-0.05, 0) is 38.3 Å². The van der Waals surface area contributed by atoms with Gasteiger partial charge in [0, 0.05) is 0 Å². The number of hydrogen-bond acceptors (Lipinski definition) is 4. The van der Waals surface area contributed by atoms with Gasteiger partial charge < -0.3 is 5.11 Å². The maximum atomic E-state index is 12.2. The first-order valence-electron chi connectivity index (χ1n) is 7.73. The van der Waals surface area contributed by atoms with Gasteiger partial charge in [0.15, 0.2) is 0 Å². The van der Waals surface area contributed by atoms with Gasteiger partial charge in [-0.15, -0.1) is 0 Å². The van der Waals surface area contributed by atoms with Crippen molar-refractivity contribution < 1.29 is 5.11 Å². The zero-order valence-electron chi connectivity index (χ0n) is 13.2. The Bertz CT molecular complexity index is 871. The molecule has 0 radical (unpaired) electrons. The highest BCUT2D eigenvalue weighted by atomic mass is 16.3. The van der Waals surface area contributed by atoms with Crippen LogP contribution in [0.3, 0.4) is 0 Å². The molecule has 2 N–H and O–H groups in total. The van der Waals surface area contributed by atoms with Gasteiger partial charge in [-0.1, -0.05) is 24.6 Å². The molecule has 3 rings (SSSR count). The lowest BCUT2D eigenvalue weighted by Gasteiger charge is -2.12. The van der Waals surface area contributed by atoms with Gasteiger partial charge in [0.25, 0.3) is 5.56 Å². The molecular weight excluding hydrogens is 294 g/mol. The topological polar surface area (TPSA) is 87.4 Å². The van der Waals surface area contributed by atoms with Crippen LogP contribution in [-0.2, 0) is 0 Å². The van der Waals surface area contributed by atoms with Crippen molar-refractivity contribution >= 4 is 5.71 Å². The van der Waals surface area contributed by atoms with Crippen molar-refractivity contribution in [2.45, 2.75) is 39.2 Å². The third-order valence-electron chi connectivity index (χ3n) is 3.89. The quantitative estimate of drug-likeness (QED) is 0.845. The largest absolute Gasteiger partial charge is 0.493 e. The molecular formula is C17H19N3O3. The summed E-state index contributed by atoms with van der Waals surface area (Å²) >= 11 is 0. The van der Waals surface area contributed by atoms with Crippen LogP contribution in [0.5, 0.6) is 5.88 Å². The Morgan fingerprint density at radius 2 is 1.96 bits per heavy atom. The first-order valence-corrected chi connectivity index (χ1v) is 7.73. The molecule has 2 aromatic rings. The van der Waals surface area contributed by atoms with Crippen LogP contribution in [0, 0.1) is 6.92 Å². The van der Waals surface area contributed by atoms with Gasteiger partial charge in [-0.3, -0.25) is 14.8 Å². The van der Waals surface area contributed by atoms with Crippen molar-refractivity contribution in [2.24, 2.45) is 4.99 Å². The number of H-pyrrole nitrogens is 1. The molecule has 1 aromatic carbocycles. The lowest BCUT2D eigenvalue weighted by Crippen LogP contribution is -2.33. The van der Waals surface area contributed by atoms with Crippen LogP contribution in [0.15, 0.2) is 38.8 Å². The standard InChI is InChI=1S/C17H19N3O3/c1-3-13(18-11-6-7-11)14-15(21)19-17(23)20(16(14)22)12-8-4-10(2)5-9-12/h4-5,8-9,11,22H,3,6-7H2,1-2H3,(H,19,21,23). The number of nitrogens with zero attached hydrogens (tertiary/aromatic N) is 2. The van der Waals surface area contributed by atoms with Crippen molar-refractivity contribution in [3.63, 3.8) is 0 Å². The summed E-state index contributed by atoms with van der Waals surface area (Å²) in [5, 5.41) is 10.6. The van der Waals surface area contributed by atoms with Crippen molar-refractivity contribution in [3.8, 4) is 11.6 Å². The highest BCUT2D eigenvalue weighted by molar-refractivity contribution is 6.02. The summed E-state index contributed by atoms with van der Waals surface area (Å²) < 4.78 is 1.11. The number of benzene rings is 1. The van der Waals surface area contributed by atoms with Gasteiger partial charge in [0.05, 0.1) is 17.4 Å². The first kappa shape index (κ1) is 15.3. The molecule has 0 atom stereocenters. The molecule has 1 aliphatic rings. The molecule has 120 valence electrons. The Hall–Kier alpha value is -2.63. The number of nitrogens with one attached hydrogen (secondary N) is 1. The summed E-state index contributed by atoms with van der Waals surface area (Å²) in [6, 6.07) is 7.35. The Labute approximate surface area is 133 Å². The van der Waals surface area contributed by atoms with Crippen molar-refractivity contribution in [1.29, 1.82) is 0 Å². The molecule has 1 saturated carbocycles. The average molecular weight is 313 g/mol. The summed E-state index contributed by atoms with van der Waals surface area (Å²) in [6.07, 6.45) is 2.51. The monoisotopic (exact) mass is 313 g/mol. The molecule has 0 spiro atoms. The summed E-state index contributed by atoms with van der Waals surface area (Å²) in [7, 11) is 0. The summed E-state index contributed by atoms with van der Waals surface area (Å²) in [6.45, 7) is 3.81. The molecule has 6 heteroatoms. The third kappa shape index (κ3) is 2.97. The minimum Gasteiger partial charge on any atom is -0.493 e. The summed E-state index contributed by atoms with van der Waals surface area (Å²) in [4.78, 5) is 31.1. The van der Waals surface area contributed by atoms with E-state index in [4.69, 9.17) is 0 Å². The maximum Gasteiger partial charge on any atom is 0.335 e. The average Bonchev–Trinajstić information content (AvgIpc) is 3.31. The zero-order chi connectivity index (χ0) is 16.6. The predicted octanol–water partition coefficient (Wildman–Crippen LogP) is 1.90. The first-order chi connectivity index (χ1) is 11.0. The van der Waals surface area contributed by atoms with Crippen LogP contribution in [-0.4, -0.2) is 26.4 Å². The van der Waals surface area contributed by atoms with E-state index in [0.29, 0.717) is 17.8 Å². The molecule has 1 heterocycles.